The van der Waals surface area contributed by atoms with Crippen molar-refractivity contribution >= 4 is 23.5 Å². The number of phosphoric ester groups is 3. The summed E-state index contributed by atoms with van der Waals surface area (Å²) in [5.41, 5.74) is 0. The van der Waals surface area contributed by atoms with E-state index in [0.717, 1.165) is 70.6 Å². The molecule has 3 unspecified atom stereocenters. The summed E-state index contributed by atoms with van der Waals surface area (Å²) in [5.74, 6) is 0. The second-order valence-corrected chi connectivity index (χ2v) is 13.0. The van der Waals surface area contributed by atoms with Gasteiger partial charge in [0.25, 0.3) is 23.5 Å². The van der Waals surface area contributed by atoms with Crippen molar-refractivity contribution < 1.29 is 72.9 Å². The van der Waals surface area contributed by atoms with Gasteiger partial charge in [0.1, 0.15) is 0 Å². The van der Waals surface area contributed by atoms with E-state index >= 15 is 0 Å². The second-order valence-electron chi connectivity index (χ2n) is 8.82. The van der Waals surface area contributed by atoms with Crippen molar-refractivity contribution in [1.82, 2.24) is 0 Å². The summed E-state index contributed by atoms with van der Waals surface area (Å²) in [7, 11) is -12.0. The Hall–Kier alpha value is 0.862. The van der Waals surface area contributed by atoms with Crippen molar-refractivity contribution in [2.75, 3.05) is 39.6 Å². The Morgan fingerprint density at radius 1 is 0.366 bits per heavy atom. The molecular weight excluding hydrogens is 637 g/mol. The Kier molecular flexibility index (Phi) is 40.1. The number of phosphoric acid groups is 3. The van der Waals surface area contributed by atoms with E-state index in [1.165, 1.54) is 0 Å². The molecule has 0 aromatic rings. The molecule has 0 heterocycles. The van der Waals surface area contributed by atoms with E-state index in [-0.39, 0.29) is 57.0 Å². The van der Waals surface area contributed by atoms with Gasteiger partial charge in [-0.05, 0) is 38.5 Å². The summed E-state index contributed by atoms with van der Waals surface area (Å²) < 4.78 is 60.5. The van der Waals surface area contributed by atoms with Gasteiger partial charge in [0.15, 0.2) is 0 Å². The SMILES string of the molecule is CCCCCCOP(=O)([O-])OCCCCC.CCCCOP(=O)([O-])OCCC.CCCCOP(=O)([O-])OCCC.[Cr+3]. The molecule has 16 heteroatoms. The molecule has 1 radical (unpaired) electrons. The smallest absolute Gasteiger partial charge is 0.756 e. The van der Waals surface area contributed by atoms with Crippen LogP contribution in [0.3, 0.4) is 0 Å². The molecule has 0 saturated heterocycles. The Morgan fingerprint density at radius 3 is 0.902 bits per heavy atom. The molecule has 0 bridgehead atoms. The first-order valence-corrected chi connectivity index (χ1v) is 19.0. The molecule has 0 N–H and O–H groups in total. The van der Waals surface area contributed by atoms with Crippen LogP contribution in [0.1, 0.15) is 125 Å². The molecule has 249 valence electrons. The largest absolute Gasteiger partial charge is 3.00 e. The second kappa shape index (κ2) is 33.7. The van der Waals surface area contributed by atoms with Crippen LogP contribution in [0, 0.1) is 0 Å². The quantitative estimate of drug-likeness (QED) is 0.0736. The molecule has 0 rings (SSSR count). The molecule has 0 aromatic carbocycles. The van der Waals surface area contributed by atoms with Crippen LogP contribution in [0.2, 0.25) is 0 Å². The van der Waals surface area contributed by atoms with Crippen LogP contribution in [0.5, 0.6) is 0 Å². The van der Waals surface area contributed by atoms with Gasteiger partial charge in [-0.25, -0.2) is 0 Å². The van der Waals surface area contributed by atoms with Crippen molar-refractivity contribution in [3.8, 4) is 0 Å². The van der Waals surface area contributed by atoms with Crippen molar-refractivity contribution in [1.29, 1.82) is 0 Å². The van der Waals surface area contributed by atoms with Crippen molar-refractivity contribution in [3.05, 3.63) is 0 Å². The Balaban J connectivity index is -0.000000251. The minimum absolute atomic E-state index is 0. The topological polar surface area (TPSA) is 176 Å². The number of hydrogen-bond donors (Lipinski definition) is 0. The Bertz CT molecular complexity index is 640. The maximum Gasteiger partial charge on any atom is 3.00 e. The molecule has 0 aliphatic heterocycles. The predicted molar refractivity (Wildman–Crippen MR) is 153 cm³/mol. The van der Waals surface area contributed by atoms with Gasteiger partial charge in [-0.15, -0.1) is 0 Å². The van der Waals surface area contributed by atoms with E-state index in [4.69, 9.17) is 9.05 Å². The summed E-state index contributed by atoms with van der Waals surface area (Å²) in [5, 5.41) is 0. The first-order chi connectivity index (χ1) is 18.9. The standard InChI is InChI=1S/C11H25O4P.2C7H17O4P.Cr/c1-3-5-7-9-11-15-16(12,13)14-10-8-6-4-2;2*1-3-5-7-11-12(8,9)10-6-4-2;/h3-11H2,1-2H3,(H,12,13);2*3-7H2,1-2H3,(H,8,9);/q;;;+3/p-3. The maximum absolute atomic E-state index is 11.2. The van der Waals surface area contributed by atoms with E-state index in [1.807, 2.05) is 27.7 Å². The van der Waals surface area contributed by atoms with E-state index < -0.39 is 23.5 Å². The number of hydrogen-bond acceptors (Lipinski definition) is 12. The third kappa shape index (κ3) is 43.0. The molecule has 41 heavy (non-hydrogen) atoms. The number of unbranched alkanes of at least 4 members (excludes halogenated alkanes) is 7. The minimum Gasteiger partial charge on any atom is -0.756 e. The third-order valence-electron chi connectivity index (χ3n) is 4.65. The van der Waals surface area contributed by atoms with Gasteiger partial charge < -0.3 is 41.8 Å². The third-order valence-corrected chi connectivity index (χ3v) is 7.64. The van der Waals surface area contributed by atoms with Gasteiger partial charge in [-0.1, -0.05) is 86.5 Å². The maximum atomic E-state index is 11.2. The molecule has 0 amide bonds. The van der Waals surface area contributed by atoms with Gasteiger partial charge in [0.05, 0.1) is 39.6 Å². The molecule has 0 aliphatic rings. The van der Waals surface area contributed by atoms with Crippen LogP contribution in [0.4, 0.5) is 0 Å². The number of rotatable bonds is 25. The van der Waals surface area contributed by atoms with Crippen LogP contribution in [-0.4, -0.2) is 39.6 Å². The molecule has 12 nitrogen and oxygen atoms in total. The van der Waals surface area contributed by atoms with E-state index in [2.05, 4.69) is 31.9 Å². The van der Waals surface area contributed by atoms with Gasteiger partial charge >= 0.3 is 17.4 Å². The molecule has 0 fully saturated rings. The van der Waals surface area contributed by atoms with Crippen LogP contribution >= 0.6 is 23.5 Å². The van der Waals surface area contributed by atoms with E-state index in [0.29, 0.717) is 12.8 Å². The van der Waals surface area contributed by atoms with Crippen LogP contribution in [0.25, 0.3) is 0 Å². The summed E-state index contributed by atoms with van der Waals surface area (Å²) in [6.07, 6.45) is 11.5. The summed E-state index contributed by atoms with van der Waals surface area (Å²) in [6.45, 7) is 13.1. The first-order valence-electron chi connectivity index (χ1n) is 14.7. The molecule has 0 aliphatic carbocycles. The van der Waals surface area contributed by atoms with Crippen molar-refractivity contribution in [3.63, 3.8) is 0 Å². The molecule has 0 aromatic heterocycles. The zero-order valence-electron chi connectivity index (χ0n) is 26.1. The monoisotopic (exact) mass is 693 g/mol. The normalized spacial score (nSPS) is 15.1. The predicted octanol–water partition coefficient (Wildman–Crippen LogP) is 6.65. The summed E-state index contributed by atoms with van der Waals surface area (Å²) >= 11 is 0. The van der Waals surface area contributed by atoms with Crippen LogP contribution in [-0.2, 0) is 58.2 Å². The molecule has 3 atom stereocenters. The summed E-state index contributed by atoms with van der Waals surface area (Å²) in [6, 6.07) is 0. The van der Waals surface area contributed by atoms with Crippen LogP contribution < -0.4 is 14.7 Å². The van der Waals surface area contributed by atoms with Gasteiger partial charge in [0, 0.05) is 0 Å². The van der Waals surface area contributed by atoms with E-state index in [1.54, 1.807) is 0 Å². The average molecular weight is 694 g/mol. The van der Waals surface area contributed by atoms with Gasteiger partial charge in [-0.3, -0.25) is 13.7 Å². The zero-order chi connectivity index (χ0) is 31.2. The van der Waals surface area contributed by atoms with Gasteiger partial charge in [0.2, 0.25) is 0 Å². The van der Waals surface area contributed by atoms with Gasteiger partial charge in [-0.2, -0.15) is 0 Å². The first kappa shape index (κ1) is 48.8. The fourth-order valence-electron chi connectivity index (χ4n) is 2.39. The molecule has 0 spiro atoms. The summed E-state index contributed by atoms with van der Waals surface area (Å²) in [4.78, 5) is 32.9. The van der Waals surface area contributed by atoms with Crippen molar-refractivity contribution in [2.24, 2.45) is 0 Å². The molecular formula is C25H56CrO12P3. The van der Waals surface area contributed by atoms with Crippen LogP contribution in [0.15, 0.2) is 0 Å². The van der Waals surface area contributed by atoms with E-state index in [9.17, 15) is 28.4 Å². The fraction of sp³-hybridized carbons (Fsp3) is 1.00. The molecule has 0 saturated carbocycles. The zero-order valence-corrected chi connectivity index (χ0v) is 30.0. The van der Waals surface area contributed by atoms with Crippen molar-refractivity contribution in [2.45, 2.75) is 125 Å². The Labute approximate surface area is 260 Å². The minimum atomic E-state index is -4.03. The fourth-order valence-corrected chi connectivity index (χ4v) is 4.84. The Morgan fingerprint density at radius 2 is 0.610 bits per heavy atom. The average Bonchev–Trinajstić information content (AvgIpc) is 2.90.